The molecular weight excluding hydrogens is 472 g/mol. The maximum atomic E-state index is 13.4. The van der Waals surface area contributed by atoms with Crippen LogP contribution in [0.4, 0.5) is 11.4 Å². The molecule has 0 N–H and O–H groups in total. The van der Waals surface area contributed by atoms with E-state index in [1.165, 1.54) is 11.8 Å². The second kappa shape index (κ2) is 11.1. The summed E-state index contributed by atoms with van der Waals surface area (Å²) in [6.07, 6.45) is 1.90. The van der Waals surface area contributed by atoms with Crippen LogP contribution in [0.1, 0.15) is 36.1 Å². The van der Waals surface area contributed by atoms with Gasteiger partial charge in [0.2, 0.25) is 0 Å². The van der Waals surface area contributed by atoms with Crippen molar-refractivity contribution in [2.45, 2.75) is 34.3 Å². The molecular formula is C29H30N2O2S2. The summed E-state index contributed by atoms with van der Waals surface area (Å²) in [6, 6.07) is 22.3. The molecule has 1 aliphatic heterocycles. The van der Waals surface area contributed by atoms with E-state index in [1.54, 1.807) is 4.90 Å². The average molecular weight is 503 g/mol. The van der Waals surface area contributed by atoms with E-state index in [0.29, 0.717) is 15.8 Å². The molecule has 0 aromatic heterocycles. The highest BCUT2D eigenvalue weighted by molar-refractivity contribution is 8.27. The summed E-state index contributed by atoms with van der Waals surface area (Å²) in [6.45, 7) is 10.6. The van der Waals surface area contributed by atoms with Gasteiger partial charge in [0.1, 0.15) is 12.4 Å². The van der Waals surface area contributed by atoms with Gasteiger partial charge in [-0.1, -0.05) is 72.0 Å². The highest BCUT2D eigenvalue weighted by Gasteiger charge is 2.34. The Labute approximate surface area is 217 Å². The van der Waals surface area contributed by atoms with E-state index in [4.69, 9.17) is 17.0 Å². The molecule has 3 aromatic carbocycles. The van der Waals surface area contributed by atoms with Crippen molar-refractivity contribution in [3.8, 4) is 5.75 Å². The van der Waals surface area contributed by atoms with E-state index in [1.807, 2.05) is 68.5 Å². The van der Waals surface area contributed by atoms with Crippen LogP contribution in [0.3, 0.4) is 0 Å². The van der Waals surface area contributed by atoms with Crippen LogP contribution in [0, 0.1) is 13.8 Å². The third kappa shape index (κ3) is 5.60. The Hall–Kier alpha value is -3.09. The molecule has 1 heterocycles. The van der Waals surface area contributed by atoms with Crippen molar-refractivity contribution in [1.82, 2.24) is 0 Å². The molecule has 0 atom stereocenters. The number of amides is 1. The van der Waals surface area contributed by atoms with Gasteiger partial charge in [0.15, 0.2) is 4.32 Å². The summed E-state index contributed by atoms with van der Waals surface area (Å²) in [5.74, 6) is 0.642. The number of nitrogens with zero attached hydrogens (tertiary/aromatic N) is 2. The van der Waals surface area contributed by atoms with Crippen molar-refractivity contribution < 1.29 is 9.53 Å². The Morgan fingerprint density at radius 3 is 2.43 bits per heavy atom. The van der Waals surface area contributed by atoms with Crippen LogP contribution in [0.25, 0.3) is 6.08 Å². The van der Waals surface area contributed by atoms with Gasteiger partial charge >= 0.3 is 0 Å². The molecule has 0 spiro atoms. The van der Waals surface area contributed by atoms with Gasteiger partial charge in [0, 0.05) is 30.4 Å². The number of anilines is 2. The first-order valence-corrected chi connectivity index (χ1v) is 13.0. The van der Waals surface area contributed by atoms with Crippen molar-refractivity contribution in [2.75, 3.05) is 22.9 Å². The molecule has 0 bridgehead atoms. The first-order chi connectivity index (χ1) is 16.9. The number of ether oxygens (including phenoxy) is 1. The van der Waals surface area contributed by atoms with Crippen LogP contribution in [0.5, 0.6) is 5.75 Å². The Balaban J connectivity index is 1.67. The summed E-state index contributed by atoms with van der Waals surface area (Å²) in [7, 11) is 0. The SMILES string of the molecule is CCN(CC)c1ccc(/C=C2\SC(=S)N(c3ccc(C)cc3C)C2=O)c(OCc2ccccc2)c1. The van der Waals surface area contributed by atoms with Gasteiger partial charge in [-0.05, 0) is 63.1 Å². The molecule has 180 valence electrons. The number of aryl methyl sites for hydroxylation is 2. The lowest BCUT2D eigenvalue weighted by Gasteiger charge is -2.22. The number of thiocarbonyl (C=S) groups is 1. The maximum absolute atomic E-state index is 13.4. The van der Waals surface area contributed by atoms with Gasteiger partial charge in [-0.25, -0.2) is 0 Å². The zero-order chi connectivity index (χ0) is 24.9. The molecule has 4 nitrogen and oxygen atoms in total. The van der Waals surface area contributed by atoms with Crippen molar-refractivity contribution in [3.05, 3.63) is 93.9 Å². The molecule has 35 heavy (non-hydrogen) atoms. The van der Waals surface area contributed by atoms with Gasteiger partial charge in [0.25, 0.3) is 5.91 Å². The number of carbonyl (C=O) groups is 1. The summed E-state index contributed by atoms with van der Waals surface area (Å²) < 4.78 is 6.82. The van der Waals surface area contributed by atoms with E-state index in [9.17, 15) is 4.79 Å². The van der Waals surface area contributed by atoms with Crippen LogP contribution < -0.4 is 14.5 Å². The Morgan fingerprint density at radius 1 is 1.00 bits per heavy atom. The number of thioether (sulfide) groups is 1. The summed E-state index contributed by atoms with van der Waals surface area (Å²) in [5, 5.41) is 0. The van der Waals surface area contributed by atoms with E-state index in [2.05, 4.69) is 36.9 Å². The number of rotatable bonds is 8. The van der Waals surface area contributed by atoms with E-state index >= 15 is 0 Å². The zero-order valence-corrected chi connectivity index (χ0v) is 22.2. The zero-order valence-electron chi connectivity index (χ0n) is 20.6. The molecule has 0 radical (unpaired) electrons. The third-order valence-corrected chi connectivity index (χ3v) is 7.34. The summed E-state index contributed by atoms with van der Waals surface area (Å²) >= 11 is 6.94. The predicted octanol–water partition coefficient (Wildman–Crippen LogP) is 7.13. The van der Waals surface area contributed by atoms with Crippen molar-refractivity contribution in [1.29, 1.82) is 0 Å². The minimum atomic E-state index is -0.103. The van der Waals surface area contributed by atoms with Crippen LogP contribution >= 0.6 is 24.0 Å². The first kappa shape index (κ1) is 25.0. The predicted molar refractivity (Wildman–Crippen MR) is 152 cm³/mol. The lowest BCUT2D eigenvalue weighted by atomic mass is 10.1. The summed E-state index contributed by atoms with van der Waals surface area (Å²) in [4.78, 5) is 17.9. The fourth-order valence-electron chi connectivity index (χ4n) is 4.16. The molecule has 0 saturated carbocycles. The minimum absolute atomic E-state index is 0.103. The lowest BCUT2D eigenvalue weighted by molar-refractivity contribution is -0.113. The Bertz CT molecular complexity index is 1270. The Morgan fingerprint density at radius 2 is 1.74 bits per heavy atom. The lowest BCUT2D eigenvalue weighted by Crippen LogP contribution is -2.28. The van der Waals surface area contributed by atoms with Crippen molar-refractivity contribution in [2.24, 2.45) is 0 Å². The highest BCUT2D eigenvalue weighted by Crippen LogP contribution is 2.39. The van der Waals surface area contributed by atoms with Crippen LogP contribution in [0.2, 0.25) is 0 Å². The minimum Gasteiger partial charge on any atom is -0.488 e. The third-order valence-electron chi connectivity index (χ3n) is 6.04. The van der Waals surface area contributed by atoms with Gasteiger partial charge in [0.05, 0.1) is 10.6 Å². The first-order valence-electron chi connectivity index (χ1n) is 11.8. The van der Waals surface area contributed by atoms with Crippen molar-refractivity contribution >= 4 is 51.7 Å². The second-order valence-corrected chi connectivity index (χ2v) is 10.2. The fourth-order valence-corrected chi connectivity index (χ4v) is 5.44. The normalized spacial score (nSPS) is 14.6. The topological polar surface area (TPSA) is 32.8 Å². The number of carbonyl (C=O) groups excluding carboxylic acids is 1. The van der Waals surface area contributed by atoms with Gasteiger partial charge in [-0.2, -0.15) is 0 Å². The quantitative estimate of drug-likeness (QED) is 0.242. The number of hydrogen-bond donors (Lipinski definition) is 0. The molecule has 0 unspecified atom stereocenters. The van der Waals surface area contributed by atoms with Crippen LogP contribution in [-0.4, -0.2) is 23.3 Å². The standard InChI is InChI=1S/C29H30N2O2S2/c1-5-30(6-2)24-14-13-23(26(18-24)33-19-22-10-8-7-9-11-22)17-27-28(32)31(29(34)35-27)25-15-12-20(3)16-21(25)4/h7-18H,5-6,19H2,1-4H3/b27-17-. The van der Waals surface area contributed by atoms with Crippen LogP contribution in [0.15, 0.2) is 71.6 Å². The van der Waals surface area contributed by atoms with E-state index in [0.717, 1.165) is 52.5 Å². The molecule has 0 aliphatic carbocycles. The molecule has 1 aliphatic rings. The molecule has 4 rings (SSSR count). The molecule has 1 amide bonds. The monoisotopic (exact) mass is 502 g/mol. The second-order valence-electron chi connectivity index (χ2n) is 8.48. The largest absolute Gasteiger partial charge is 0.488 e. The number of hydrogen-bond acceptors (Lipinski definition) is 5. The fraction of sp³-hybridized carbons (Fsp3) is 0.241. The number of benzene rings is 3. The van der Waals surface area contributed by atoms with Gasteiger partial charge < -0.3 is 9.64 Å². The van der Waals surface area contributed by atoms with Gasteiger partial charge in [-0.15, -0.1) is 0 Å². The van der Waals surface area contributed by atoms with Crippen LogP contribution in [-0.2, 0) is 11.4 Å². The molecule has 3 aromatic rings. The summed E-state index contributed by atoms with van der Waals surface area (Å²) in [5.41, 5.74) is 6.06. The van der Waals surface area contributed by atoms with E-state index in [-0.39, 0.29) is 5.91 Å². The Kier molecular flexibility index (Phi) is 7.93. The molecule has 1 fully saturated rings. The van der Waals surface area contributed by atoms with Gasteiger partial charge in [-0.3, -0.25) is 9.69 Å². The molecule has 1 saturated heterocycles. The van der Waals surface area contributed by atoms with Crippen molar-refractivity contribution in [3.63, 3.8) is 0 Å². The highest BCUT2D eigenvalue weighted by atomic mass is 32.2. The van der Waals surface area contributed by atoms with E-state index < -0.39 is 0 Å². The molecule has 6 heteroatoms. The average Bonchev–Trinajstić information content (AvgIpc) is 3.13. The maximum Gasteiger partial charge on any atom is 0.270 e. The smallest absolute Gasteiger partial charge is 0.270 e.